The number of amides is 1. The molecule has 1 amide bonds. The van der Waals surface area contributed by atoms with E-state index in [1.165, 1.54) is 12.1 Å². The number of hydrogen-bond acceptors (Lipinski definition) is 11. The number of esters is 2. The van der Waals surface area contributed by atoms with Gasteiger partial charge in [0, 0.05) is 29.5 Å². The summed E-state index contributed by atoms with van der Waals surface area (Å²) in [5.41, 5.74) is -12.3. The molecule has 2 saturated carbocycles. The number of benzene rings is 2. The van der Waals surface area contributed by atoms with Crippen molar-refractivity contribution in [3.63, 3.8) is 0 Å². The molecule has 64 heavy (non-hydrogen) atoms. The molecule has 0 unspecified atom stereocenters. The highest BCUT2D eigenvalue weighted by Crippen LogP contribution is 2.55. The van der Waals surface area contributed by atoms with Crippen LogP contribution in [0.3, 0.4) is 0 Å². The second kappa shape index (κ2) is 18.0. The number of carbonyl (C=O) groups excluding carboxylic acids is 4. The number of ether oxygens (including phenoxy) is 5. The lowest BCUT2D eigenvalue weighted by Crippen LogP contribution is -2.50. The highest BCUT2D eigenvalue weighted by atomic mass is 35.5. The number of nitrogens with zero attached hydrogens (tertiary/aromatic N) is 4. The van der Waals surface area contributed by atoms with Gasteiger partial charge in [0.2, 0.25) is 0 Å². The Morgan fingerprint density at radius 1 is 0.875 bits per heavy atom. The summed E-state index contributed by atoms with van der Waals surface area (Å²) in [7, 11) is 0. The van der Waals surface area contributed by atoms with Crippen molar-refractivity contribution in [3.05, 3.63) is 76.0 Å². The first-order chi connectivity index (χ1) is 29.5. The third-order valence-corrected chi connectivity index (χ3v) is 10.1. The van der Waals surface area contributed by atoms with E-state index >= 15 is 0 Å². The normalized spacial score (nSPS) is 17.7. The molecular weight excluding hydrogens is 929 g/mol. The van der Waals surface area contributed by atoms with Gasteiger partial charge in [0.05, 0.1) is 27.9 Å². The number of alkyl halides is 10. The maximum Gasteiger partial charge on any atom is 0.573 e. The SMILES string of the molecule is CC(C)(C)OC(=O)/C=C/C(=O)O[C@@H]1CCC[C@@H]1OC(=O)OCN(C(=O)c1cc(-c2cnn(-c3c(Cl)cc(C(F)(C(F)(F)F)C(F)(F)F)cc3OC(F)(F)F)c2)ccc1Cl)C1(C#N)CC1. The van der Waals surface area contributed by atoms with E-state index in [0.29, 0.717) is 11.1 Å². The van der Waals surface area contributed by atoms with Crippen molar-refractivity contribution in [3.8, 4) is 28.6 Å². The molecule has 2 aliphatic carbocycles. The van der Waals surface area contributed by atoms with Crippen LogP contribution in [0.1, 0.15) is 68.8 Å². The summed E-state index contributed by atoms with van der Waals surface area (Å²) in [6.45, 7) is 4.02. The van der Waals surface area contributed by atoms with Crippen LogP contribution in [0, 0.1) is 11.3 Å². The maximum atomic E-state index is 14.9. The molecule has 5 rings (SSSR count). The van der Waals surface area contributed by atoms with E-state index in [9.17, 15) is 68.3 Å². The first-order valence-electron chi connectivity index (χ1n) is 18.4. The van der Waals surface area contributed by atoms with Crippen molar-refractivity contribution in [2.75, 3.05) is 6.73 Å². The molecule has 3 aromatic rings. The van der Waals surface area contributed by atoms with Crippen molar-refractivity contribution >= 4 is 47.2 Å². The lowest BCUT2D eigenvalue weighted by atomic mass is 9.93. The second-order valence-corrected chi connectivity index (χ2v) is 16.0. The number of rotatable bonds is 12. The molecule has 346 valence electrons. The summed E-state index contributed by atoms with van der Waals surface area (Å²) in [6.07, 6.45) is -17.6. The summed E-state index contributed by atoms with van der Waals surface area (Å²) >= 11 is 12.3. The zero-order valence-corrected chi connectivity index (χ0v) is 34.6. The predicted molar refractivity (Wildman–Crippen MR) is 199 cm³/mol. The van der Waals surface area contributed by atoms with Gasteiger partial charge in [-0.2, -0.15) is 36.7 Å². The van der Waals surface area contributed by atoms with Crippen molar-refractivity contribution < 1.29 is 86.8 Å². The van der Waals surface area contributed by atoms with Crippen molar-refractivity contribution in [1.82, 2.24) is 14.7 Å². The Bertz CT molecular complexity index is 2350. The number of halogens is 12. The van der Waals surface area contributed by atoms with Crippen molar-refractivity contribution in [1.29, 1.82) is 5.26 Å². The lowest BCUT2D eigenvalue weighted by molar-refractivity contribution is -0.348. The van der Waals surface area contributed by atoms with Gasteiger partial charge in [-0.3, -0.25) is 9.69 Å². The van der Waals surface area contributed by atoms with Gasteiger partial charge < -0.3 is 23.7 Å². The van der Waals surface area contributed by atoms with Gasteiger partial charge in [0.15, 0.2) is 12.5 Å². The molecule has 0 radical (unpaired) electrons. The molecule has 2 atom stereocenters. The minimum atomic E-state index is -6.71. The first-order valence-corrected chi connectivity index (χ1v) is 19.2. The summed E-state index contributed by atoms with van der Waals surface area (Å²) in [5, 5.41) is 12.3. The van der Waals surface area contributed by atoms with E-state index in [-0.39, 0.29) is 53.5 Å². The Morgan fingerprint density at radius 3 is 2.05 bits per heavy atom. The molecular formula is C39H32Cl2F10N4O9. The van der Waals surface area contributed by atoms with Crippen LogP contribution in [0.5, 0.6) is 5.75 Å². The average Bonchev–Trinajstić information content (AvgIpc) is 3.58. The van der Waals surface area contributed by atoms with Crippen LogP contribution in [-0.2, 0) is 34.2 Å². The molecule has 0 N–H and O–H groups in total. The molecule has 0 aliphatic heterocycles. The quantitative estimate of drug-likeness (QED) is 0.0559. The molecule has 25 heteroatoms. The molecule has 13 nitrogen and oxygen atoms in total. The first kappa shape index (κ1) is 49.3. The zero-order chi connectivity index (χ0) is 47.8. The van der Waals surface area contributed by atoms with Crippen LogP contribution >= 0.6 is 23.2 Å². The molecule has 0 bridgehead atoms. The molecule has 2 aromatic carbocycles. The molecule has 2 aliphatic rings. The van der Waals surface area contributed by atoms with Crippen molar-refractivity contribution in [2.24, 2.45) is 0 Å². The Labute approximate surface area is 365 Å². The largest absolute Gasteiger partial charge is 0.573 e. The monoisotopic (exact) mass is 960 g/mol. The zero-order valence-electron chi connectivity index (χ0n) is 33.1. The van der Waals surface area contributed by atoms with E-state index in [2.05, 4.69) is 9.84 Å². The number of nitriles is 1. The van der Waals surface area contributed by atoms with Crippen LogP contribution in [0.25, 0.3) is 16.8 Å². The number of aromatic nitrogens is 2. The Balaban J connectivity index is 1.36. The highest BCUT2D eigenvalue weighted by molar-refractivity contribution is 6.34. The van der Waals surface area contributed by atoms with Crippen LogP contribution < -0.4 is 4.74 Å². The topological polar surface area (TPSA) is 159 Å². The molecule has 0 spiro atoms. The Kier molecular flexibility index (Phi) is 13.9. The molecule has 0 saturated heterocycles. The summed E-state index contributed by atoms with van der Waals surface area (Å²) in [5.74, 6) is -4.50. The van der Waals surface area contributed by atoms with Gasteiger partial charge in [-0.05, 0) is 82.7 Å². The van der Waals surface area contributed by atoms with Crippen molar-refractivity contribution in [2.45, 2.75) is 101 Å². The highest BCUT2D eigenvalue weighted by Gasteiger charge is 2.73. The summed E-state index contributed by atoms with van der Waals surface area (Å²) in [4.78, 5) is 52.0. The molecule has 2 fully saturated rings. The van der Waals surface area contributed by atoms with Gasteiger partial charge in [-0.15, -0.1) is 13.2 Å². The average molecular weight is 962 g/mol. The van der Waals surface area contributed by atoms with Crippen LogP contribution in [0.15, 0.2) is 54.9 Å². The minimum Gasteiger partial charge on any atom is -0.457 e. The van der Waals surface area contributed by atoms with Crippen LogP contribution in [0.2, 0.25) is 10.0 Å². The summed E-state index contributed by atoms with van der Waals surface area (Å²) in [6, 6.07) is 4.89. The Morgan fingerprint density at radius 2 is 1.48 bits per heavy atom. The smallest absolute Gasteiger partial charge is 0.457 e. The fraction of sp³-hybridized carbons (Fsp3) is 0.436. The fourth-order valence-electron chi connectivity index (χ4n) is 6.33. The molecule has 1 heterocycles. The lowest BCUT2D eigenvalue weighted by Gasteiger charge is -2.31. The third kappa shape index (κ3) is 11.1. The van der Waals surface area contributed by atoms with E-state index in [1.807, 2.05) is 6.07 Å². The van der Waals surface area contributed by atoms with Gasteiger partial charge in [0.1, 0.15) is 29.0 Å². The Hall–Kier alpha value is -5.76. The van der Waals surface area contributed by atoms with E-state index < -0.39 is 107 Å². The van der Waals surface area contributed by atoms with E-state index in [0.717, 1.165) is 35.5 Å². The maximum absolute atomic E-state index is 14.9. The van der Waals surface area contributed by atoms with Gasteiger partial charge in [0.25, 0.3) is 5.91 Å². The number of hydrogen-bond donors (Lipinski definition) is 0. The fourth-order valence-corrected chi connectivity index (χ4v) is 6.82. The third-order valence-electron chi connectivity index (χ3n) is 9.45. The summed E-state index contributed by atoms with van der Waals surface area (Å²) < 4.78 is 161. The van der Waals surface area contributed by atoms with E-state index in [4.69, 9.17) is 42.1 Å². The standard InChI is InChI=1S/C39H32Cl2F10N4O9/c1-34(2,3)64-30(57)10-9-29(56)61-26-5-4-6-27(26)62-33(59)60-19-54(35(18-52)11-12-35)32(58)23-13-20(7-8-24(23)40)21-16-53-55(17-21)31-25(41)14-22(15-28(31)63-39(49,50)51)36(42,37(43,44)45)38(46,47)48/h7-10,13-17,26-27H,4-6,11-12,19H2,1-3H3/b10-9+/t26-,27+/m1/s1. The van der Waals surface area contributed by atoms with Gasteiger partial charge >= 0.3 is 42.5 Å². The van der Waals surface area contributed by atoms with Gasteiger partial charge in [-0.1, -0.05) is 29.3 Å². The molecule has 1 aromatic heterocycles. The number of carbonyl (C=O) groups is 4. The second-order valence-electron chi connectivity index (χ2n) is 15.2. The van der Waals surface area contributed by atoms with Crippen LogP contribution in [0.4, 0.5) is 48.7 Å². The van der Waals surface area contributed by atoms with E-state index in [1.54, 1.807) is 20.8 Å². The predicted octanol–water partition coefficient (Wildman–Crippen LogP) is 10.0. The van der Waals surface area contributed by atoms with Crippen LogP contribution in [-0.4, -0.2) is 87.5 Å². The van der Waals surface area contributed by atoms with Gasteiger partial charge in [-0.25, -0.2) is 23.5 Å². The minimum absolute atomic E-state index is 0.0202.